The molecule has 0 fully saturated rings. The van der Waals surface area contributed by atoms with E-state index in [0.29, 0.717) is 19.0 Å². The zero-order valence-corrected chi connectivity index (χ0v) is 7.53. The molecule has 0 saturated carbocycles. The van der Waals surface area contributed by atoms with Gasteiger partial charge in [-0.25, -0.2) is 0 Å². The van der Waals surface area contributed by atoms with E-state index in [1.807, 2.05) is 6.07 Å². The van der Waals surface area contributed by atoms with Crippen molar-refractivity contribution in [3.8, 4) is 0 Å². The molecule has 2 nitrogen and oxygen atoms in total. The van der Waals surface area contributed by atoms with Crippen molar-refractivity contribution < 1.29 is 0 Å². The molecule has 1 unspecified atom stereocenters. The van der Waals surface area contributed by atoms with Crippen LogP contribution in [0.15, 0.2) is 29.8 Å². The third kappa shape index (κ3) is 1.28. The lowest BCUT2D eigenvalue weighted by Crippen LogP contribution is -2.17. The van der Waals surface area contributed by atoms with Gasteiger partial charge in [0, 0.05) is 19.0 Å². The van der Waals surface area contributed by atoms with Crippen LogP contribution in [0.3, 0.4) is 0 Å². The Morgan fingerprint density at radius 2 is 1.92 bits per heavy atom. The molecule has 0 bridgehead atoms. The van der Waals surface area contributed by atoms with Crippen molar-refractivity contribution >= 4 is 6.08 Å². The third-order valence-corrected chi connectivity index (χ3v) is 2.63. The minimum Gasteiger partial charge on any atom is -0.330 e. The van der Waals surface area contributed by atoms with Crippen LogP contribution in [0.4, 0.5) is 0 Å². The zero-order chi connectivity index (χ0) is 9.26. The Bertz CT molecular complexity index is 342. The third-order valence-electron chi connectivity index (χ3n) is 2.63. The van der Waals surface area contributed by atoms with Crippen LogP contribution in [0.1, 0.15) is 17.0 Å². The maximum atomic E-state index is 5.72. The van der Waals surface area contributed by atoms with Crippen LogP contribution in [0.2, 0.25) is 0 Å². The predicted octanol–water partition coefficient (Wildman–Crippen LogP) is 1.08. The Hall–Kier alpha value is -1.12. The van der Waals surface area contributed by atoms with Crippen LogP contribution in [-0.4, -0.2) is 13.1 Å². The largest absolute Gasteiger partial charge is 0.330 e. The van der Waals surface area contributed by atoms with Crippen molar-refractivity contribution in [2.75, 3.05) is 13.1 Å². The number of rotatable bonds is 2. The lowest BCUT2D eigenvalue weighted by atomic mass is 9.96. The molecule has 0 spiro atoms. The summed E-state index contributed by atoms with van der Waals surface area (Å²) in [7, 11) is 0. The fourth-order valence-corrected chi connectivity index (χ4v) is 1.94. The van der Waals surface area contributed by atoms with Crippen LogP contribution >= 0.6 is 0 Å². The highest BCUT2D eigenvalue weighted by atomic mass is 14.6. The highest BCUT2D eigenvalue weighted by Gasteiger charge is 2.21. The van der Waals surface area contributed by atoms with Gasteiger partial charge in [0.1, 0.15) is 0 Å². The molecule has 1 aromatic carbocycles. The van der Waals surface area contributed by atoms with Gasteiger partial charge < -0.3 is 11.5 Å². The molecule has 2 heteroatoms. The van der Waals surface area contributed by atoms with E-state index in [4.69, 9.17) is 11.5 Å². The van der Waals surface area contributed by atoms with Gasteiger partial charge in [-0.1, -0.05) is 30.3 Å². The molecule has 0 heterocycles. The first-order chi connectivity index (χ1) is 6.36. The van der Waals surface area contributed by atoms with E-state index >= 15 is 0 Å². The van der Waals surface area contributed by atoms with Gasteiger partial charge in [0.25, 0.3) is 0 Å². The molecule has 0 aromatic heterocycles. The molecule has 13 heavy (non-hydrogen) atoms. The fraction of sp³-hybridized carbons (Fsp3) is 0.273. The minimum absolute atomic E-state index is 0.348. The van der Waals surface area contributed by atoms with Crippen LogP contribution in [0, 0.1) is 0 Å². The first-order valence-corrected chi connectivity index (χ1v) is 4.56. The molecule has 0 saturated heterocycles. The molecule has 1 aliphatic rings. The first-order valence-electron chi connectivity index (χ1n) is 4.56. The van der Waals surface area contributed by atoms with Crippen LogP contribution < -0.4 is 11.5 Å². The molecule has 2 rings (SSSR count). The Morgan fingerprint density at radius 1 is 1.15 bits per heavy atom. The molecule has 1 aliphatic carbocycles. The Labute approximate surface area is 78.2 Å². The van der Waals surface area contributed by atoms with Crippen molar-refractivity contribution in [2.24, 2.45) is 11.5 Å². The smallest absolute Gasteiger partial charge is 0.0193 e. The van der Waals surface area contributed by atoms with E-state index in [1.54, 1.807) is 0 Å². The van der Waals surface area contributed by atoms with Crippen LogP contribution in [-0.2, 0) is 0 Å². The van der Waals surface area contributed by atoms with Gasteiger partial charge in [0.2, 0.25) is 0 Å². The molecule has 68 valence electrons. The van der Waals surface area contributed by atoms with E-state index in [1.165, 1.54) is 16.7 Å². The van der Waals surface area contributed by atoms with Crippen molar-refractivity contribution in [3.05, 3.63) is 41.0 Å². The van der Waals surface area contributed by atoms with Crippen molar-refractivity contribution in [1.29, 1.82) is 0 Å². The summed E-state index contributed by atoms with van der Waals surface area (Å²) in [5.41, 5.74) is 15.2. The highest BCUT2D eigenvalue weighted by molar-refractivity contribution is 5.66. The fourth-order valence-electron chi connectivity index (χ4n) is 1.94. The van der Waals surface area contributed by atoms with Crippen molar-refractivity contribution in [1.82, 2.24) is 0 Å². The maximum Gasteiger partial charge on any atom is 0.0193 e. The molecule has 1 aromatic rings. The summed E-state index contributed by atoms with van der Waals surface area (Å²) in [6.07, 6.45) is 2.16. The topological polar surface area (TPSA) is 52.0 Å². The van der Waals surface area contributed by atoms with Crippen molar-refractivity contribution in [3.63, 3.8) is 0 Å². The second-order valence-corrected chi connectivity index (χ2v) is 3.34. The van der Waals surface area contributed by atoms with Crippen LogP contribution in [0.25, 0.3) is 6.08 Å². The normalized spacial score (nSPS) is 19.8. The first kappa shape index (κ1) is 8.48. The summed E-state index contributed by atoms with van der Waals surface area (Å²) in [6.45, 7) is 1.26. The van der Waals surface area contributed by atoms with E-state index in [9.17, 15) is 0 Å². The second-order valence-electron chi connectivity index (χ2n) is 3.34. The van der Waals surface area contributed by atoms with Gasteiger partial charge in [-0.05, 0) is 16.7 Å². The molecule has 0 radical (unpaired) electrons. The zero-order valence-electron chi connectivity index (χ0n) is 7.53. The standard InChI is InChI=1S/C11H14N2/c12-6-9-5-8-3-1-2-4-10(8)11(9)7-13/h1-5,11H,6-7,12-13H2. The lowest BCUT2D eigenvalue weighted by molar-refractivity contribution is 0.797. The Morgan fingerprint density at radius 3 is 2.62 bits per heavy atom. The molecular weight excluding hydrogens is 160 g/mol. The highest BCUT2D eigenvalue weighted by Crippen LogP contribution is 2.34. The van der Waals surface area contributed by atoms with E-state index < -0.39 is 0 Å². The summed E-state index contributed by atoms with van der Waals surface area (Å²) in [6, 6.07) is 8.34. The summed E-state index contributed by atoms with van der Waals surface area (Å²) >= 11 is 0. The van der Waals surface area contributed by atoms with Gasteiger partial charge in [-0.3, -0.25) is 0 Å². The number of hydrogen-bond acceptors (Lipinski definition) is 2. The van der Waals surface area contributed by atoms with Gasteiger partial charge >= 0.3 is 0 Å². The van der Waals surface area contributed by atoms with E-state index in [-0.39, 0.29) is 0 Å². The molecule has 4 N–H and O–H groups in total. The van der Waals surface area contributed by atoms with Crippen molar-refractivity contribution in [2.45, 2.75) is 5.92 Å². The average Bonchev–Trinajstić information content (AvgIpc) is 2.55. The summed E-state index contributed by atoms with van der Waals surface area (Å²) < 4.78 is 0. The Balaban J connectivity index is 2.44. The maximum absolute atomic E-state index is 5.72. The van der Waals surface area contributed by atoms with Crippen LogP contribution in [0.5, 0.6) is 0 Å². The lowest BCUT2D eigenvalue weighted by Gasteiger charge is -2.12. The monoisotopic (exact) mass is 174 g/mol. The average molecular weight is 174 g/mol. The van der Waals surface area contributed by atoms with Gasteiger partial charge in [0.05, 0.1) is 0 Å². The molecule has 0 amide bonds. The van der Waals surface area contributed by atoms with E-state index in [2.05, 4.69) is 24.3 Å². The number of hydrogen-bond donors (Lipinski definition) is 2. The quantitative estimate of drug-likeness (QED) is 0.705. The number of fused-ring (bicyclic) bond motifs is 1. The summed E-state index contributed by atoms with van der Waals surface area (Å²) in [5, 5.41) is 0. The molecule has 1 atom stereocenters. The summed E-state index contributed by atoms with van der Waals surface area (Å²) in [5.74, 6) is 0.348. The summed E-state index contributed by atoms with van der Waals surface area (Å²) in [4.78, 5) is 0. The predicted molar refractivity (Wildman–Crippen MR) is 55.3 cm³/mol. The van der Waals surface area contributed by atoms with Gasteiger partial charge in [0.15, 0.2) is 0 Å². The number of benzene rings is 1. The second kappa shape index (κ2) is 3.32. The molecule has 0 aliphatic heterocycles. The minimum atomic E-state index is 0.348. The van der Waals surface area contributed by atoms with E-state index in [0.717, 1.165) is 0 Å². The Kier molecular flexibility index (Phi) is 2.17. The van der Waals surface area contributed by atoms with Gasteiger partial charge in [-0.15, -0.1) is 0 Å². The molecular formula is C11H14N2. The SMILES string of the molecule is NCC1=Cc2ccccc2C1CN. The van der Waals surface area contributed by atoms with Gasteiger partial charge in [-0.2, -0.15) is 0 Å². The number of nitrogens with two attached hydrogens (primary N) is 2.